The van der Waals surface area contributed by atoms with Gasteiger partial charge in [-0.05, 0) is 24.3 Å². The topological polar surface area (TPSA) is 64.6 Å². The highest BCUT2D eigenvalue weighted by atomic mass is 19.4. The Morgan fingerprint density at radius 1 is 1.20 bits per heavy atom. The first kappa shape index (κ1) is 15.8. The molecule has 8 heteroatoms. The van der Waals surface area contributed by atoms with Gasteiger partial charge in [-0.3, -0.25) is 4.79 Å². The Kier molecular flexibility index (Phi) is 5.36. The first-order chi connectivity index (χ1) is 9.31. The number of amides is 1. The van der Waals surface area contributed by atoms with Gasteiger partial charge in [-0.1, -0.05) is 0 Å². The van der Waals surface area contributed by atoms with E-state index in [2.05, 4.69) is 4.74 Å². The molecule has 0 bridgehead atoms. The molecule has 0 aliphatic rings. The second kappa shape index (κ2) is 6.78. The Morgan fingerprint density at radius 2 is 1.80 bits per heavy atom. The Balaban J connectivity index is 2.40. The number of carbonyl (C=O) groups excluding carboxylic acids is 2. The van der Waals surface area contributed by atoms with Crippen LogP contribution in [-0.4, -0.2) is 38.3 Å². The second-order valence-electron chi connectivity index (χ2n) is 3.70. The Labute approximate surface area is 112 Å². The fourth-order valence-corrected chi connectivity index (χ4v) is 1.19. The number of hydrogen-bond acceptors (Lipinski definition) is 4. The number of ether oxygens (including phenoxy) is 2. The monoisotopic (exact) mass is 291 g/mol. The third-order valence-electron chi connectivity index (χ3n) is 2.15. The van der Waals surface area contributed by atoms with E-state index >= 15 is 0 Å². The average molecular weight is 291 g/mol. The first-order valence-corrected chi connectivity index (χ1v) is 5.46. The molecular formula is C12H12F3NO4. The quantitative estimate of drug-likeness (QED) is 0.836. The Morgan fingerprint density at radius 3 is 2.30 bits per heavy atom. The van der Waals surface area contributed by atoms with Gasteiger partial charge in [0.25, 0.3) is 5.91 Å². The van der Waals surface area contributed by atoms with Gasteiger partial charge < -0.3 is 14.8 Å². The van der Waals surface area contributed by atoms with Gasteiger partial charge in [-0.2, -0.15) is 13.2 Å². The maximum atomic E-state index is 11.8. The smallest absolute Gasteiger partial charge is 0.405 e. The molecule has 0 aromatic heterocycles. The number of carbonyl (C=O) groups is 2. The van der Waals surface area contributed by atoms with Crippen molar-refractivity contribution < 1.29 is 32.2 Å². The van der Waals surface area contributed by atoms with Crippen molar-refractivity contribution in [3.63, 3.8) is 0 Å². The predicted octanol–water partition coefficient (Wildman–Crippen LogP) is 1.53. The zero-order valence-electron chi connectivity index (χ0n) is 10.5. The Hall–Kier alpha value is -2.25. The van der Waals surface area contributed by atoms with Crippen LogP contribution in [0, 0.1) is 0 Å². The molecule has 0 atom stereocenters. The summed E-state index contributed by atoms with van der Waals surface area (Å²) in [5.74, 6) is -1.30. The van der Waals surface area contributed by atoms with Crippen molar-refractivity contribution in [1.29, 1.82) is 0 Å². The van der Waals surface area contributed by atoms with Crippen molar-refractivity contribution in [3.05, 3.63) is 29.8 Å². The van der Waals surface area contributed by atoms with Crippen LogP contribution in [0.2, 0.25) is 0 Å². The minimum absolute atomic E-state index is 0.162. The zero-order chi connectivity index (χ0) is 15.2. The zero-order valence-corrected chi connectivity index (χ0v) is 10.5. The summed E-state index contributed by atoms with van der Waals surface area (Å²) in [5.41, 5.74) is 0.162. The second-order valence-corrected chi connectivity index (χ2v) is 3.70. The fourth-order valence-electron chi connectivity index (χ4n) is 1.19. The van der Waals surface area contributed by atoms with Crippen molar-refractivity contribution in [2.24, 2.45) is 0 Å². The molecule has 0 fully saturated rings. The molecule has 0 saturated carbocycles. The summed E-state index contributed by atoms with van der Waals surface area (Å²) < 4.78 is 44.9. The minimum Gasteiger partial charge on any atom is -0.497 e. The molecule has 1 aromatic carbocycles. The van der Waals surface area contributed by atoms with E-state index in [0.29, 0.717) is 5.75 Å². The number of benzene rings is 1. The maximum absolute atomic E-state index is 11.8. The molecule has 1 aromatic rings. The summed E-state index contributed by atoms with van der Waals surface area (Å²) in [6.07, 6.45) is -4.50. The van der Waals surface area contributed by atoms with E-state index in [1.807, 2.05) is 0 Å². The van der Waals surface area contributed by atoms with Gasteiger partial charge >= 0.3 is 12.1 Å². The summed E-state index contributed by atoms with van der Waals surface area (Å²) >= 11 is 0. The highest BCUT2D eigenvalue weighted by Gasteiger charge is 2.27. The number of hydrogen-bond donors (Lipinski definition) is 1. The van der Waals surface area contributed by atoms with Gasteiger partial charge in [0.05, 0.1) is 12.7 Å². The fraction of sp³-hybridized carbons (Fsp3) is 0.333. The molecule has 0 spiro atoms. The number of nitrogens with one attached hydrogen (secondary N) is 1. The summed E-state index contributed by atoms with van der Waals surface area (Å²) in [6, 6.07) is 5.85. The molecule has 5 nitrogen and oxygen atoms in total. The minimum atomic E-state index is -4.50. The largest absolute Gasteiger partial charge is 0.497 e. The molecule has 0 radical (unpaired) electrons. The summed E-state index contributed by atoms with van der Waals surface area (Å²) in [4.78, 5) is 22.5. The van der Waals surface area contributed by atoms with E-state index in [1.54, 1.807) is 5.32 Å². The highest BCUT2D eigenvalue weighted by molar-refractivity contribution is 5.91. The molecule has 1 rings (SSSR count). The lowest BCUT2D eigenvalue weighted by molar-refractivity contribution is -0.140. The standard InChI is InChI=1S/C12H12F3NO4/c1-19-9-4-2-8(3-5-9)11(18)20-6-10(17)16-7-12(13,14)15/h2-5H,6-7H2,1H3,(H,16,17). The van der Waals surface area contributed by atoms with Gasteiger partial charge in [0.1, 0.15) is 12.3 Å². The van der Waals surface area contributed by atoms with Gasteiger partial charge in [-0.15, -0.1) is 0 Å². The molecule has 0 heterocycles. The lowest BCUT2D eigenvalue weighted by atomic mass is 10.2. The SMILES string of the molecule is COc1ccc(C(=O)OCC(=O)NCC(F)(F)F)cc1. The van der Waals surface area contributed by atoms with Crippen LogP contribution in [-0.2, 0) is 9.53 Å². The van der Waals surface area contributed by atoms with Crippen LogP contribution in [0.3, 0.4) is 0 Å². The normalized spacial score (nSPS) is 10.8. The van der Waals surface area contributed by atoms with Crippen LogP contribution in [0.15, 0.2) is 24.3 Å². The highest BCUT2D eigenvalue weighted by Crippen LogP contribution is 2.13. The van der Waals surface area contributed by atoms with Crippen molar-refractivity contribution in [2.45, 2.75) is 6.18 Å². The summed E-state index contributed by atoms with van der Waals surface area (Å²) in [7, 11) is 1.46. The third-order valence-corrected chi connectivity index (χ3v) is 2.15. The first-order valence-electron chi connectivity index (χ1n) is 5.46. The van der Waals surface area contributed by atoms with Crippen molar-refractivity contribution in [2.75, 3.05) is 20.3 Å². The van der Waals surface area contributed by atoms with E-state index in [1.165, 1.54) is 31.4 Å². The molecule has 0 aliphatic carbocycles. The van der Waals surface area contributed by atoms with Gasteiger partial charge in [0.2, 0.25) is 0 Å². The molecule has 0 aliphatic heterocycles. The molecule has 1 N–H and O–H groups in total. The van der Waals surface area contributed by atoms with Gasteiger partial charge in [-0.25, -0.2) is 4.79 Å². The van der Waals surface area contributed by atoms with Crippen LogP contribution in [0.25, 0.3) is 0 Å². The maximum Gasteiger partial charge on any atom is 0.405 e. The van der Waals surface area contributed by atoms with Crippen LogP contribution >= 0.6 is 0 Å². The third kappa shape index (κ3) is 5.59. The average Bonchev–Trinajstić information content (AvgIpc) is 2.41. The van der Waals surface area contributed by atoms with Crippen LogP contribution < -0.4 is 10.1 Å². The van der Waals surface area contributed by atoms with E-state index < -0.39 is 31.2 Å². The van der Waals surface area contributed by atoms with E-state index in [4.69, 9.17) is 4.74 Å². The predicted molar refractivity (Wildman–Crippen MR) is 62.3 cm³/mol. The molecular weight excluding hydrogens is 279 g/mol. The van der Waals surface area contributed by atoms with Crippen molar-refractivity contribution in [1.82, 2.24) is 5.32 Å². The molecule has 20 heavy (non-hydrogen) atoms. The number of esters is 1. The van der Waals surface area contributed by atoms with E-state index in [0.717, 1.165) is 0 Å². The van der Waals surface area contributed by atoms with Crippen LogP contribution in [0.1, 0.15) is 10.4 Å². The van der Waals surface area contributed by atoms with Gasteiger partial charge in [0.15, 0.2) is 6.61 Å². The van der Waals surface area contributed by atoms with Crippen LogP contribution in [0.5, 0.6) is 5.75 Å². The lowest BCUT2D eigenvalue weighted by Gasteiger charge is -2.09. The summed E-state index contributed by atoms with van der Waals surface area (Å²) in [6.45, 7) is -2.24. The molecule has 1 amide bonds. The van der Waals surface area contributed by atoms with Gasteiger partial charge in [0, 0.05) is 0 Å². The number of rotatable bonds is 5. The Bertz CT molecular complexity index is 471. The lowest BCUT2D eigenvalue weighted by Crippen LogP contribution is -2.36. The number of halogens is 3. The van der Waals surface area contributed by atoms with E-state index in [9.17, 15) is 22.8 Å². The molecule has 110 valence electrons. The number of alkyl halides is 3. The summed E-state index contributed by atoms with van der Waals surface area (Å²) in [5, 5.41) is 1.59. The number of methoxy groups -OCH3 is 1. The van der Waals surface area contributed by atoms with Crippen molar-refractivity contribution in [3.8, 4) is 5.75 Å². The molecule has 0 unspecified atom stereocenters. The van der Waals surface area contributed by atoms with Crippen molar-refractivity contribution >= 4 is 11.9 Å². The molecule has 0 saturated heterocycles. The van der Waals surface area contributed by atoms with Crippen LogP contribution in [0.4, 0.5) is 13.2 Å². The van der Waals surface area contributed by atoms with E-state index in [-0.39, 0.29) is 5.56 Å².